The summed E-state index contributed by atoms with van der Waals surface area (Å²) in [6, 6.07) is 4.32. The zero-order valence-corrected chi connectivity index (χ0v) is 11.1. The molecular weight excluding hydrogens is 226 g/mol. The fourth-order valence-electron chi connectivity index (χ4n) is 2.19. The minimum absolute atomic E-state index is 0.257. The molecule has 1 atom stereocenters. The van der Waals surface area contributed by atoms with Gasteiger partial charge in [-0.3, -0.25) is 4.98 Å². The molecule has 0 fully saturated rings. The Hall–Kier alpha value is -1.68. The summed E-state index contributed by atoms with van der Waals surface area (Å²) in [5.74, 6) is 0.897. The second-order valence-corrected chi connectivity index (χ2v) is 4.52. The molecule has 0 spiro atoms. The summed E-state index contributed by atoms with van der Waals surface area (Å²) >= 11 is 0. The lowest BCUT2D eigenvalue weighted by Gasteiger charge is -2.13. The average Bonchev–Trinajstić information content (AvgIpc) is 2.70. The van der Waals surface area contributed by atoms with Crippen LogP contribution in [0.25, 0.3) is 0 Å². The highest BCUT2D eigenvalue weighted by Gasteiger charge is 2.15. The van der Waals surface area contributed by atoms with Crippen molar-refractivity contribution in [2.24, 2.45) is 0 Å². The van der Waals surface area contributed by atoms with E-state index in [-0.39, 0.29) is 6.04 Å². The van der Waals surface area contributed by atoms with Crippen molar-refractivity contribution in [3.63, 3.8) is 0 Å². The van der Waals surface area contributed by atoms with Crippen molar-refractivity contribution in [1.82, 2.24) is 15.5 Å². The normalized spacial score (nSPS) is 12.6. The molecule has 96 valence electrons. The molecule has 4 nitrogen and oxygen atoms in total. The Morgan fingerprint density at radius 2 is 2.22 bits per heavy atom. The van der Waals surface area contributed by atoms with Gasteiger partial charge < -0.3 is 9.84 Å². The fraction of sp³-hybridized carbons (Fsp3) is 0.429. The smallest absolute Gasteiger partial charge is 0.138 e. The molecular formula is C14H19N3O. The Morgan fingerprint density at radius 3 is 2.83 bits per heavy atom. The summed E-state index contributed by atoms with van der Waals surface area (Å²) in [6.07, 6.45) is 4.67. The van der Waals surface area contributed by atoms with Gasteiger partial charge in [-0.15, -0.1) is 0 Å². The van der Waals surface area contributed by atoms with Gasteiger partial charge in [0.25, 0.3) is 0 Å². The van der Waals surface area contributed by atoms with E-state index in [4.69, 9.17) is 4.52 Å². The zero-order valence-electron chi connectivity index (χ0n) is 11.1. The van der Waals surface area contributed by atoms with Crippen molar-refractivity contribution in [3.05, 3.63) is 47.1 Å². The molecule has 0 aliphatic rings. The predicted octanol–water partition coefficient (Wildman–Crippen LogP) is 2.58. The maximum absolute atomic E-state index is 5.18. The van der Waals surface area contributed by atoms with Crippen LogP contribution >= 0.6 is 0 Å². The Kier molecular flexibility index (Phi) is 4.10. The number of nitrogens with one attached hydrogen (secondary N) is 1. The van der Waals surface area contributed by atoms with Gasteiger partial charge in [-0.25, -0.2) is 0 Å². The van der Waals surface area contributed by atoms with E-state index in [1.807, 2.05) is 26.1 Å². The summed E-state index contributed by atoms with van der Waals surface area (Å²) in [4.78, 5) is 4.11. The van der Waals surface area contributed by atoms with Crippen molar-refractivity contribution >= 4 is 0 Å². The highest BCUT2D eigenvalue weighted by atomic mass is 16.5. The Morgan fingerprint density at radius 1 is 1.39 bits per heavy atom. The van der Waals surface area contributed by atoms with Crippen molar-refractivity contribution in [1.29, 1.82) is 0 Å². The maximum Gasteiger partial charge on any atom is 0.138 e. The van der Waals surface area contributed by atoms with Gasteiger partial charge in [-0.2, -0.15) is 0 Å². The van der Waals surface area contributed by atoms with Crippen LogP contribution in [0, 0.1) is 13.8 Å². The number of pyridine rings is 1. The number of hydrogen-bond acceptors (Lipinski definition) is 4. The van der Waals surface area contributed by atoms with E-state index >= 15 is 0 Å². The molecule has 0 saturated carbocycles. The van der Waals surface area contributed by atoms with Crippen LogP contribution in [0.4, 0.5) is 0 Å². The quantitative estimate of drug-likeness (QED) is 0.879. The average molecular weight is 245 g/mol. The van der Waals surface area contributed by atoms with Crippen LogP contribution in [0.3, 0.4) is 0 Å². The van der Waals surface area contributed by atoms with Crippen molar-refractivity contribution in [2.75, 3.05) is 6.54 Å². The van der Waals surface area contributed by atoms with E-state index in [1.54, 1.807) is 6.20 Å². The first-order valence-electron chi connectivity index (χ1n) is 6.23. The van der Waals surface area contributed by atoms with Gasteiger partial charge in [0.2, 0.25) is 0 Å². The standard InChI is InChI=1S/C14H19N3O/c1-10(14-11(2)17-18-12(14)3)16-8-6-13-5-4-7-15-9-13/h4-5,7,9-10,16H,6,8H2,1-3H3. The maximum atomic E-state index is 5.18. The van der Waals surface area contributed by atoms with Gasteiger partial charge in [-0.05, 0) is 45.4 Å². The van der Waals surface area contributed by atoms with Gasteiger partial charge in [0.1, 0.15) is 5.76 Å². The molecule has 0 aliphatic carbocycles. The Balaban J connectivity index is 1.88. The lowest BCUT2D eigenvalue weighted by atomic mass is 10.1. The number of hydrogen-bond donors (Lipinski definition) is 1. The van der Waals surface area contributed by atoms with Crippen LogP contribution in [-0.2, 0) is 6.42 Å². The zero-order chi connectivity index (χ0) is 13.0. The largest absolute Gasteiger partial charge is 0.361 e. The highest BCUT2D eigenvalue weighted by molar-refractivity contribution is 5.24. The monoisotopic (exact) mass is 245 g/mol. The molecule has 0 amide bonds. The first kappa shape index (κ1) is 12.8. The van der Waals surface area contributed by atoms with E-state index in [9.17, 15) is 0 Å². The molecule has 1 N–H and O–H groups in total. The number of rotatable bonds is 5. The van der Waals surface area contributed by atoms with Crippen LogP contribution in [0.5, 0.6) is 0 Å². The molecule has 2 heterocycles. The first-order valence-corrected chi connectivity index (χ1v) is 6.23. The SMILES string of the molecule is Cc1noc(C)c1C(C)NCCc1cccnc1. The lowest BCUT2D eigenvalue weighted by Crippen LogP contribution is -2.22. The summed E-state index contributed by atoms with van der Waals surface area (Å²) < 4.78 is 5.18. The Labute approximate surface area is 107 Å². The predicted molar refractivity (Wildman–Crippen MR) is 70.3 cm³/mol. The first-order chi connectivity index (χ1) is 8.68. The number of aromatic nitrogens is 2. The van der Waals surface area contributed by atoms with Crippen LogP contribution in [0.2, 0.25) is 0 Å². The van der Waals surface area contributed by atoms with E-state index in [1.165, 1.54) is 11.1 Å². The van der Waals surface area contributed by atoms with Crippen LogP contribution in [0.1, 0.15) is 35.5 Å². The van der Waals surface area contributed by atoms with Crippen LogP contribution in [-0.4, -0.2) is 16.7 Å². The minimum Gasteiger partial charge on any atom is -0.361 e. The van der Waals surface area contributed by atoms with Crippen molar-refractivity contribution in [3.8, 4) is 0 Å². The van der Waals surface area contributed by atoms with Crippen LogP contribution in [0.15, 0.2) is 29.0 Å². The van der Waals surface area contributed by atoms with E-state index in [2.05, 4.69) is 28.4 Å². The molecule has 2 rings (SSSR count). The third-order valence-corrected chi connectivity index (χ3v) is 3.11. The molecule has 0 saturated heterocycles. The summed E-state index contributed by atoms with van der Waals surface area (Å²) in [6.45, 7) is 6.98. The second-order valence-electron chi connectivity index (χ2n) is 4.52. The van der Waals surface area contributed by atoms with Crippen molar-refractivity contribution < 1.29 is 4.52 Å². The van der Waals surface area contributed by atoms with Gasteiger partial charge in [-0.1, -0.05) is 11.2 Å². The molecule has 2 aromatic heterocycles. The number of aryl methyl sites for hydroxylation is 2. The topological polar surface area (TPSA) is 51.0 Å². The summed E-state index contributed by atoms with van der Waals surface area (Å²) in [5, 5.41) is 7.47. The van der Waals surface area contributed by atoms with Gasteiger partial charge in [0, 0.05) is 24.0 Å². The molecule has 18 heavy (non-hydrogen) atoms. The van der Waals surface area contributed by atoms with E-state index < -0.39 is 0 Å². The van der Waals surface area contributed by atoms with Crippen molar-refractivity contribution in [2.45, 2.75) is 33.2 Å². The van der Waals surface area contributed by atoms with Gasteiger partial charge >= 0.3 is 0 Å². The molecule has 0 aromatic carbocycles. The van der Waals surface area contributed by atoms with Gasteiger partial charge in [0.15, 0.2) is 0 Å². The van der Waals surface area contributed by atoms with Crippen LogP contribution < -0.4 is 5.32 Å². The molecule has 2 aromatic rings. The third-order valence-electron chi connectivity index (χ3n) is 3.11. The fourth-order valence-corrected chi connectivity index (χ4v) is 2.19. The third kappa shape index (κ3) is 2.96. The van der Waals surface area contributed by atoms with Gasteiger partial charge in [0.05, 0.1) is 5.69 Å². The molecule has 0 aliphatic heterocycles. The summed E-state index contributed by atoms with van der Waals surface area (Å²) in [5.41, 5.74) is 3.38. The second kappa shape index (κ2) is 5.78. The van der Waals surface area contributed by atoms with E-state index in [0.717, 1.165) is 24.4 Å². The highest BCUT2D eigenvalue weighted by Crippen LogP contribution is 2.20. The molecule has 4 heteroatoms. The molecule has 0 radical (unpaired) electrons. The molecule has 1 unspecified atom stereocenters. The Bertz CT molecular complexity index is 473. The minimum atomic E-state index is 0.257. The number of nitrogens with zero attached hydrogens (tertiary/aromatic N) is 2. The van der Waals surface area contributed by atoms with E-state index in [0.29, 0.717) is 0 Å². The summed E-state index contributed by atoms with van der Waals surface area (Å²) in [7, 11) is 0. The lowest BCUT2D eigenvalue weighted by molar-refractivity contribution is 0.390. The molecule has 0 bridgehead atoms.